The Bertz CT molecular complexity index is 2870. The first kappa shape index (κ1) is 31.2. The molecule has 0 radical (unpaired) electrons. The molecule has 0 N–H and O–H groups in total. The number of pyridine rings is 1. The average Bonchev–Trinajstić information content (AvgIpc) is 3.74. The Morgan fingerprint density at radius 3 is 1.33 bits per heavy atom. The molecule has 1 spiro atoms. The molecule has 55 heavy (non-hydrogen) atoms. The van der Waals surface area contributed by atoms with Crippen molar-refractivity contribution in [3.63, 3.8) is 0 Å². The standard InChI is InChI=1S/C51H32N4/c1-2-11-35(12-3-1)48-53-49(36-23-21-33(22-24-36)34-27-29-52-30-28-34)55-50(54-48)39-14-10-13-37(31-39)38-25-26-47-43(32-38)42-17-6-9-20-46(42)51(47)44-18-7-4-15-40(44)41-16-5-8-19-45(41)51/h1-32H. The number of rotatable bonds is 5. The minimum absolute atomic E-state index is 0.356. The van der Waals surface area contributed by atoms with Gasteiger partial charge in [0.2, 0.25) is 0 Å². The number of hydrogen-bond acceptors (Lipinski definition) is 4. The Morgan fingerprint density at radius 2 is 0.691 bits per heavy atom. The summed E-state index contributed by atoms with van der Waals surface area (Å²) in [6.45, 7) is 0. The zero-order valence-electron chi connectivity index (χ0n) is 29.8. The van der Waals surface area contributed by atoms with Gasteiger partial charge in [-0.05, 0) is 91.0 Å². The van der Waals surface area contributed by atoms with Gasteiger partial charge >= 0.3 is 0 Å². The van der Waals surface area contributed by atoms with Crippen LogP contribution >= 0.6 is 0 Å². The molecule has 0 fully saturated rings. The van der Waals surface area contributed by atoms with Crippen molar-refractivity contribution < 1.29 is 0 Å². The molecular weight excluding hydrogens is 669 g/mol. The molecule has 0 atom stereocenters. The van der Waals surface area contributed by atoms with Crippen molar-refractivity contribution in [3.8, 4) is 78.7 Å². The van der Waals surface area contributed by atoms with Gasteiger partial charge in [0.1, 0.15) is 0 Å². The van der Waals surface area contributed by atoms with Crippen molar-refractivity contribution in [3.05, 3.63) is 217 Å². The van der Waals surface area contributed by atoms with Crippen LogP contribution in [-0.2, 0) is 5.41 Å². The first-order valence-electron chi connectivity index (χ1n) is 18.6. The van der Waals surface area contributed by atoms with E-state index in [0.717, 1.165) is 38.9 Å². The van der Waals surface area contributed by atoms with Gasteiger partial charge < -0.3 is 0 Å². The summed E-state index contributed by atoms with van der Waals surface area (Å²) in [4.78, 5) is 19.3. The second-order valence-corrected chi connectivity index (χ2v) is 14.2. The van der Waals surface area contributed by atoms with Crippen LogP contribution in [0.1, 0.15) is 22.3 Å². The molecule has 4 heteroatoms. The molecule has 256 valence electrons. The van der Waals surface area contributed by atoms with Crippen molar-refractivity contribution in [1.29, 1.82) is 0 Å². The summed E-state index contributed by atoms with van der Waals surface area (Å²) in [6.07, 6.45) is 3.63. The van der Waals surface area contributed by atoms with Crippen LogP contribution in [0.15, 0.2) is 194 Å². The highest BCUT2D eigenvalue weighted by Gasteiger charge is 2.51. The van der Waals surface area contributed by atoms with Crippen LogP contribution in [0.25, 0.3) is 78.7 Å². The first-order valence-corrected chi connectivity index (χ1v) is 18.6. The topological polar surface area (TPSA) is 51.6 Å². The molecule has 2 aliphatic carbocycles. The zero-order chi connectivity index (χ0) is 36.3. The summed E-state index contributed by atoms with van der Waals surface area (Å²) in [7, 11) is 0. The predicted molar refractivity (Wildman–Crippen MR) is 221 cm³/mol. The molecule has 0 unspecified atom stereocenters. The van der Waals surface area contributed by atoms with E-state index in [1.165, 1.54) is 44.5 Å². The van der Waals surface area contributed by atoms with Gasteiger partial charge in [0, 0.05) is 29.1 Å². The van der Waals surface area contributed by atoms with E-state index in [2.05, 4.69) is 145 Å². The lowest BCUT2D eigenvalue weighted by molar-refractivity contribution is 0.794. The van der Waals surface area contributed by atoms with Crippen LogP contribution in [0, 0.1) is 0 Å². The third kappa shape index (κ3) is 4.85. The Kier molecular flexibility index (Phi) is 7.04. The van der Waals surface area contributed by atoms with Gasteiger partial charge in [0.05, 0.1) is 5.41 Å². The van der Waals surface area contributed by atoms with Crippen LogP contribution in [-0.4, -0.2) is 19.9 Å². The van der Waals surface area contributed by atoms with Crippen LogP contribution in [0.3, 0.4) is 0 Å². The van der Waals surface area contributed by atoms with Crippen LogP contribution < -0.4 is 0 Å². The molecule has 0 saturated carbocycles. The Morgan fingerprint density at radius 1 is 0.273 bits per heavy atom. The fourth-order valence-electron chi connectivity index (χ4n) is 8.82. The van der Waals surface area contributed by atoms with Gasteiger partial charge in [-0.25, -0.2) is 15.0 Å². The normalized spacial score (nSPS) is 12.9. The highest BCUT2D eigenvalue weighted by molar-refractivity contribution is 5.96. The summed E-state index contributed by atoms with van der Waals surface area (Å²) in [5.41, 5.74) is 17.5. The number of fused-ring (bicyclic) bond motifs is 10. The third-order valence-electron chi connectivity index (χ3n) is 11.3. The molecule has 2 aliphatic rings. The van der Waals surface area contributed by atoms with Crippen molar-refractivity contribution in [1.82, 2.24) is 19.9 Å². The Hall–Kier alpha value is -7.30. The second kappa shape index (κ2) is 12.4. The molecule has 0 bridgehead atoms. The number of nitrogens with zero attached hydrogens (tertiary/aromatic N) is 4. The number of aromatic nitrogens is 4. The molecule has 2 heterocycles. The lowest BCUT2D eigenvalue weighted by atomic mass is 9.70. The van der Waals surface area contributed by atoms with E-state index in [4.69, 9.17) is 15.0 Å². The van der Waals surface area contributed by atoms with E-state index in [0.29, 0.717) is 17.5 Å². The summed E-state index contributed by atoms with van der Waals surface area (Å²) in [5.74, 6) is 1.90. The van der Waals surface area contributed by atoms with E-state index in [1.807, 2.05) is 54.9 Å². The molecule has 7 aromatic carbocycles. The van der Waals surface area contributed by atoms with E-state index in [-0.39, 0.29) is 5.41 Å². The monoisotopic (exact) mass is 700 g/mol. The molecule has 0 amide bonds. The predicted octanol–water partition coefficient (Wildman–Crippen LogP) is 11.9. The van der Waals surface area contributed by atoms with Gasteiger partial charge in [-0.15, -0.1) is 0 Å². The molecule has 2 aromatic heterocycles. The van der Waals surface area contributed by atoms with E-state index in [1.54, 1.807) is 0 Å². The minimum atomic E-state index is -0.356. The van der Waals surface area contributed by atoms with Crippen molar-refractivity contribution in [2.45, 2.75) is 5.41 Å². The van der Waals surface area contributed by atoms with Crippen molar-refractivity contribution in [2.75, 3.05) is 0 Å². The quantitative estimate of drug-likeness (QED) is 0.179. The van der Waals surface area contributed by atoms with Gasteiger partial charge in [-0.1, -0.05) is 158 Å². The number of benzene rings is 7. The maximum atomic E-state index is 5.08. The van der Waals surface area contributed by atoms with E-state index < -0.39 is 0 Å². The molecule has 0 saturated heterocycles. The fraction of sp³-hybridized carbons (Fsp3) is 0.0196. The lowest BCUT2D eigenvalue weighted by Crippen LogP contribution is -2.25. The minimum Gasteiger partial charge on any atom is -0.265 e. The largest absolute Gasteiger partial charge is 0.265 e. The Balaban J connectivity index is 1.03. The van der Waals surface area contributed by atoms with E-state index >= 15 is 0 Å². The Labute approximate surface area is 319 Å². The highest BCUT2D eigenvalue weighted by Crippen LogP contribution is 2.62. The van der Waals surface area contributed by atoms with Crippen LogP contribution in [0.5, 0.6) is 0 Å². The summed E-state index contributed by atoms with van der Waals surface area (Å²) in [5, 5.41) is 0. The first-order chi connectivity index (χ1) is 27.3. The second-order valence-electron chi connectivity index (χ2n) is 14.2. The summed E-state index contributed by atoms with van der Waals surface area (Å²) < 4.78 is 0. The van der Waals surface area contributed by atoms with Gasteiger partial charge in [-0.3, -0.25) is 4.98 Å². The number of hydrogen-bond donors (Lipinski definition) is 0. The maximum absolute atomic E-state index is 5.08. The van der Waals surface area contributed by atoms with Crippen molar-refractivity contribution >= 4 is 0 Å². The SMILES string of the molecule is c1ccc(-c2nc(-c3ccc(-c4ccncc4)cc3)nc(-c3cccc(-c4ccc5c(c4)-c4ccccc4C54c5ccccc5-c5ccccc54)c3)n2)cc1. The van der Waals surface area contributed by atoms with Crippen LogP contribution in [0.4, 0.5) is 0 Å². The highest BCUT2D eigenvalue weighted by atomic mass is 15.0. The maximum Gasteiger partial charge on any atom is 0.164 e. The summed E-state index contributed by atoms with van der Waals surface area (Å²) >= 11 is 0. The smallest absolute Gasteiger partial charge is 0.164 e. The molecule has 0 aliphatic heterocycles. The molecule has 9 aromatic rings. The van der Waals surface area contributed by atoms with Gasteiger partial charge in [-0.2, -0.15) is 0 Å². The molecular formula is C51H32N4. The average molecular weight is 701 g/mol. The van der Waals surface area contributed by atoms with Crippen LogP contribution in [0.2, 0.25) is 0 Å². The van der Waals surface area contributed by atoms with Gasteiger partial charge in [0.15, 0.2) is 17.5 Å². The molecule has 11 rings (SSSR count). The third-order valence-corrected chi connectivity index (χ3v) is 11.3. The summed E-state index contributed by atoms with van der Waals surface area (Å²) in [6, 6.07) is 65.0. The van der Waals surface area contributed by atoms with Crippen molar-refractivity contribution in [2.24, 2.45) is 0 Å². The molecule has 4 nitrogen and oxygen atoms in total. The zero-order valence-corrected chi connectivity index (χ0v) is 29.8. The van der Waals surface area contributed by atoms with Gasteiger partial charge in [0.25, 0.3) is 0 Å². The lowest BCUT2D eigenvalue weighted by Gasteiger charge is -2.30. The van der Waals surface area contributed by atoms with E-state index in [9.17, 15) is 0 Å². The fourth-order valence-corrected chi connectivity index (χ4v) is 8.82.